The number of phosphoric ester groups is 1. The average Bonchev–Trinajstić information content (AvgIpc) is 3.04. The van der Waals surface area contributed by atoms with E-state index in [0.717, 1.165) is 0 Å². The second kappa shape index (κ2) is 6.12. The topological polar surface area (TPSA) is 153 Å². The number of anilines is 1. The van der Waals surface area contributed by atoms with Crippen molar-refractivity contribution in [1.82, 2.24) is 19.5 Å². The van der Waals surface area contributed by atoms with Crippen LogP contribution in [0.3, 0.4) is 0 Å². The lowest BCUT2D eigenvalue weighted by Crippen LogP contribution is -2.49. The Morgan fingerprint density at radius 2 is 2.23 bits per heavy atom. The van der Waals surface area contributed by atoms with Gasteiger partial charge in [-0.3, -0.25) is 18.1 Å². The van der Waals surface area contributed by atoms with E-state index in [1.807, 2.05) is 6.92 Å². The third kappa shape index (κ3) is 2.52. The fourth-order valence-corrected chi connectivity index (χ4v) is 6.26. The van der Waals surface area contributed by atoms with E-state index in [2.05, 4.69) is 15.0 Å². The zero-order valence-electron chi connectivity index (χ0n) is 17.1. The lowest BCUT2D eigenvalue weighted by molar-refractivity contribution is -0.133. The molecule has 12 nitrogen and oxygen atoms in total. The average molecular weight is 441 g/mol. The van der Waals surface area contributed by atoms with E-state index in [1.54, 1.807) is 25.3 Å². The van der Waals surface area contributed by atoms with Gasteiger partial charge < -0.3 is 20.3 Å². The van der Waals surface area contributed by atoms with Crippen LogP contribution in [0.1, 0.15) is 40.3 Å². The van der Waals surface area contributed by atoms with Crippen molar-refractivity contribution >= 4 is 24.9 Å². The van der Waals surface area contributed by atoms with Crippen LogP contribution in [0.4, 0.5) is 5.95 Å². The van der Waals surface area contributed by atoms with Crippen LogP contribution in [-0.2, 0) is 22.9 Å². The first-order valence-electron chi connectivity index (χ1n) is 9.73. The van der Waals surface area contributed by atoms with E-state index in [9.17, 15) is 9.67 Å². The molecule has 5 rings (SSSR count). The van der Waals surface area contributed by atoms with Crippen LogP contribution in [-0.4, -0.2) is 60.7 Å². The van der Waals surface area contributed by atoms with Gasteiger partial charge in [-0.2, -0.15) is 9.97 Å². The Morgan fingerprint density at radius 1 is 1.47 bits per heavy atom. The maximum atomic E-state index is 13.0. The minimum Gasteiger partial charge on any atom is -0.476 e. The van der Waals surface area contributed by atoms with Gasteiger partial charge in [0.1, 0.15) is 16.8 Å². The summed E-state index contributed by atoms with van der Waals surface area (Å²) in [7, 11) is -3.86. The van der Waals surface area contributed by atoms with Crippen molar-refractivity contribution in [2.45, 2.75) is 63.3 Å². The maximum absolute atomic E-state index is 13.0. The molecule has 5 atom stereocenters. The number of nitrogen functional groups attached to an aromatic ring is 1. The van der Waals surface area contributed by atoms with Crippen LogP contribution in [0.2, 0.25) is 0 Å². The standard InChI is InChI=1S/C17H24N5O7P/c1-5-25-12-10-11(20-14(18)21-12)22(8-19-10)13-15(4,23)17-6-16(17,27-13)7-26-30(24,29-17)28-9(2)3/h8-9,13,23H,5-7H2,1-4H3,(H2,18,20,21)/t13-,15+,16-,17+,30-/m1/s1. The molecule has 2 saturated heterocycles. The van der Waals surface area contributed by atoms with Gasteiger partial charge >= 0.3 is 7.82 Å². The molecule has 3 N–H and O–H groups in total. The third-order valence-corrected chi connectivity index (χ3v) is 7.45. The normalized spacial score (nSPS) is 39.9. The molecule has 0 radical (unpaired) electrons. The Balaban J connectivity index is 1.55. The Hall–Kier alpha value is -1.82. The summed E-state index contributed by atoms with van der Waals surface area (Å²) in [5.74, 6) is 0.239. The predicted octanol–water partition coefficient (Wildman–Crippen LogP) is 1.55. The molecule has 13 heteroatoms. The maximum Gasteiger partial charge on any atom is 0.475 e. The Kier molecular flexibility index (Phi) is 4.10. The summed E-state index contributed by atoms with van der Waals surface area (Å²) in [5.41, 5.74) is 2.77. The number of aromatic nitrogens is 4. The fraction of sp³-hybridized carbons (Fsp3) is 0.706. The van der Waals surface area contributed by atoms with Crippen molar-refractivity contribution in [3.63, 3.8) is 0 Å². The highest BCUT2D eigenvalue weighted by Crippen LogP contribution is 2.78. The van der Waals surface area contributed by atoms with Crippen LogP contribution in [0.15, 0.2) is 6.33 Å². The Labute approximate surface area is 172 Å². The molecule has 3 fully saturated rings. The molecular formula is C17H24N5O7P. The fourth-order valence-electron chi connectivity index (χ4n) is 4.43. The zero-order chi connectivity index (χ0) is 21.5. The second-order valence-corrected chi connectivity index (χ2v) is 9.77. The number of hydrogen-bond donors (Lipinski definition) is 2. The molecule has 4 heterocycles. The molecule has 0 spiro atoms. The number of nitrogens with zero attached hydrogens (tertiary/aromatic N) is 4. The van der Waals surface area contributed by atoms with Crippen LogP contribution < -0.4 is 10.5 Å². The van der Waals surface area contributed by atoms with Crippen molar-refractivity contribution in [1.29, 1.82) is 0 Å². The lowest BCUT2D eigenvalue weighted by atomic mass is 9.94. The first-order valence-corrected chi connectivity index (χ1v) is 11.2. The largest absolute Gasteiger partial charge is 0.476 e. The summed E-state index contributed by atoms with van der Waals surface area (Å²) in [6.07, 6.45) is 0.461. The van der Waals surface area contributed by atoms with E-state index < -0.39 is 30.9 Å². The summed E-state index contributed by atoms with van der Waals surface area (Å²) in [6, 6.07) is 0. The molecule has 1 saturated carbocycles. The molecule has 0 amide bonds. The lowest BCUT2D eigenvalue weighted by Gasteiger charge is -2.36. The van der Waals surface area contributed by atoms with Gasteiger partial charge in [0, 0.05) is 6.42 Å². The molecule has 2 aromatic heterocycles. The molecule has 1 aliphatic carbocycles. The number of fused-ring (bicyclic) bond motifs is 1. The molecule has 2 aliphatic heterocycles. The molecule has 2 aromatic rings. The van der Waals surface area contributed by atoms with Gasteiger partial charge in [0.2, 0.25) is 11.8 Å². The molecule has 0 bridgehead atoms. The summed E-state index contributed by atoms with van der Waals surface area (Å²) < 4.78 is 42.9. The minimum atomic E-state index is -3.86. The second-order valence-electron chi connectivity index (χ2n) is 8.23. The van der Waals surface area contributed by atoms with Crippen molar-refractivity contribution < 1.29 is 32.7 Å². The number of rotatable bonds is 5. The highest BCUT2D eigenvalue weighted by molar-refractivity contribution is 7.48. The minimum absolute atomic E-state index is 0.00124. The monoisotopic (exact) mass is 441 g/mol. The Bertz CT molecular complexity index is 1070. The van der Waals surface area contributed by atoms with Crippen LogP contribution >= 0.6 is 7.82 Å². The van der Waals surface area contributed by atoms with E-state index in [0.29, 0.717) is 24.2 Å². The number of hydrogen-bond acceptors (Lipinski definition) is 11. The van der Waals surface area contributed by atoms with Gasteiger partial charge in [-0.15, -0.1) is 0 Å². The smallest absolute Gasteiger partial charge is 0.475 e. The van der Waals surface area contributed by atoms with Gasteiger partial charge in [-0.25, -0.2) is 9.55 Å². The molecule has 0 aromatic carbocycles. The SMILES string of the molecule is CCOc1nc(N)nc2c1ncn2[C@@H]1O[C@]23CO[P@](=O)(OC(C)C)O[C@@]2(C3)[C@@]1(C)O. The Morgan fingerprint density at radius 3 is 2.93 bits per heavy atom. The summed E-state index contributed by atoms with van der Waals surface area (Å²) in [5, 5.41) is 11.5. The third-order valence-electron chi connectivity index (χ3n) is 5.78. The molecule has 0 unspecified atom stereocenters. The molecule has 164 valence electrons. The molecular weight excluding hydrogens is 417 g/mol. The van der Waals surface area contributed by atoms with Crippen LogP contribution in [0.25, 0.3) is 11.2 Å². The van der Waals surface area contributed by atoms with Crippen LogP contribution in [0, 0.1) is 0 Å². The van der Waals surface area contributed by atoms with Gasteiger partial charge in [0.15, 0.2) is 17.4 Å². The number of phosphoric acid groups is 1. The van der Waals surface area contributed by atoms with Gasteiger partial charge in [-0.1, -0.05) is 0 Å². The van der Waals surface area contributed by atoms with E-state index >= 15 is 0 Å². The van der Waals surface area contributed by atoms with E-state index in [4.69, 9.17) is 28.8 Å². The highest BCUT2D eigenvalue weighted by atomic mass is 31.2. The summed E-state index contributed by atoms with van der Waals surface area (Å²) >= 11 is 0. The summed E-state index contributed by atoms with van der Waals surface area (Å²) in [4.78, 5) is 12.7. The van der Waals surface area contributed by atoms with E-state index in [1.165, 1.54) is 6.33 Å². The highest BCUT2D eigenvalue weighted by Gasteiger charge is 2.89. The number of ether oxygens (including phenoxy) is 2. The molecule has 3 aliphatic rings. The van der Waals surface area contributed by atoms with Crippen molar-refractivity contribution in [2.75, 3.05) is 18.9 Å². The quantitative estimate of drug-likeness (QED) is 0.650. The predicted molar refractivity (Wildman–Crippen MR) is 103 cm³/mol. The van der Waals surface area contributed by atoms with Crippen LogP contribution in [0.5, 0.6) is 5.88 Å². The van der Waals surface area contributed by atoms with Gasteiger partial charge in [0.05, 0.1) is 25.6 Å². The number of nitrogens with two attached hydrogens (primary N) is 1. The van der Waals surface area contributed by atoms with Gasteiger partial charge in [0.25, 0.3) is 0 Å². The van der Waals surface area contributed by atoms with Crippen molar-refractivity contribution in [3.8, 4) is 5.88 Å². The number of imidazole rings is 1. The first-order chi connectivity index (χ1) is 14.1. The number of aliphatic hydroxyl groups is 1. The van der Waals surface area contributed by atoms with Crippen molar-refractivity contribution in [2.24, 2.45) is 0 Å². The van der Waals surface area contributed by atoms with Gasteiger partial charge in [-0.05, 0) is 27.7 Å². The van der Waals surface area contributed by atoms with E-state index in [-0.39, 0.29) is 24.5 Å². The molecule has 30 heavy (non-hydrogen) atoms. The first kappa shape index (κ1) is 20.1. The summed E-state index contributed by atoms with van der Waals surface area (Å²) in [6.45, 7) is 7.18. The van der Waals surface area contributed by atoms with Crippen molar-refractivity contribution in [3.05, 3.63) is 6.33 Å². The zero-order valence-corrected chi connectivity index (χ0v) is 18.0.